The molecule has 2 aliphatic heterocycles. The Bertz CT molecular complexity index is 1240. The second-order valence-electron chi connectivity index (χ2n) is 7.43. The summed E-state index contributed by atoms with van der Waals surface area (Å²) in [6.07, 6.45) is -4.15. The van der Waals surface area contributed by atoms with Crippen LogP contribution in [-0.4, -0.2) is 36.7 Å². The molecule has 0 spiro atoms. The van der Waals surface area contributed by atoms with E-state index in [4.69, 9.17) is 4.52 Å². The van der Waals surface area contributed by atoms with E-state index in [0.717, 1.165) is 16.7 Å². The van der Waals surface area contributed by atoms with Gasteiger partial charge in [-0.25, -0.2) is 9.36 Å². The average molecular weight is 420 g/mol. The Hall–Kier alpha value is -3.50. The van der Waals surface area contributed by atoms with Crippen molar-refractivity contribution in [2.24, 2.45) is 0 Å². The summed E-state index contributed by atoms with van der Waals surface area (Å²) in [5, 5.41) is 14.5. The summed E-state index contributed by atoms with van der Waals surface area (Å²) in [4.78, 5) is 27.2. The Kier molecular flexibility index (Phi) is 3.71. The molecular formula is C19H15F3N4O4. The smallest absolute Gasteiger partial charge is 0.416 e. The molecule has 1 saturated heterocycles. The van der Waals surface area contributed by atoms with Crippen LogP contribution in [-0.2, 0) is 6.18 Å². The molecule has 156 valence electrons. The number of hydrogen-bond donors (Lipinski definition) is 1. The van der Waals surface area contributed by atoms with E-state index in [-0.39, 0.29) is 29.7 Å². The molecular weight excluding hydrogens is 405 g/mol. The largest absolute Gasteiger partial charge is 0.493 e. The van der Waals surface area contributed by atoms with Crippen molar-refractivity contribution in [3.63, 3.8) is 0 Å². The number of hydrogen-bond acceptors (Lipinski definition) is 5. The minimum atomic E-state index is -4.59. The van der Waals surface area contributed by atoms with Crippen LogP contribution >= 0.6 is 0 Å². The quantitative estimate of drug-likeness (QED) is 0.688. The number of aromatic hydroxyl groups is 1. The Morgan fingerprint density at radius 2 is 2.07 bits per heavy atom. The highest BCUT2D eigenvalue weighted by atomic mass is 19.4. The van der Waals surface area contributed by atoms with Crippen LogP contribution in [0.3, 0.4) is 0 Å². The molecule has 1 unspecified atom stereocenters. The summed E-state index contributed by atoms with van der Waals surface area (Å²) in [6, 6.07) is 4.71. The maximum absolute atomic E-state index is 13.1. The lowest BCUT2D eigenvalue weighted by Gasteiger charge is -2.26. The van der Waals surface area contributed by atoms with Crippen molar-refractivity contribution >= 4 is 5.91 Å². The molecule has 2 bridgehead atoms. The molecule has 0 aliphatic carbocycles. The number of fused-ring (bicyclic) bond motifs is 5. The fourth-order valence-corrected chi connectivity index (χ4v) is 4.34. The molecule has 0 radical (unpaired) electrons. The van der Waals surface area contributed by atoms with Crippen LogP contribution in [0.4, 0.5) is 13.2 Å². The van der Waals surface area contributed by atoms with Crippen molar-refractivity contribution in [2.75, 3.05) is 6.54 Å². The molecule has 0 saturated carbocycles. The van der Waals surface area contributed by atoms with E-state index in [2.05, 4.69) is 5.16 Å². The Balaban J connectivity index is 1.57. The number of likely N-dealkylation sites (tertiary alicyclic amines) is 1. The fourth-order valence-electron chi connectivity index (χ4n) is 4.34. The summed E-state index contributed by atoms with van der Waals surface area (Å²) in [5.74, 6) is -0.400. The van der Waals surface area contributed by atoms with Crippen molar-refractivity contribution in [3.8, 4) is 11.6 Å². The summed E-state index contributed by atoms with van der Waals surface area (Å²) >= 11 is 0. The number of alkyl halides is 3. The Morgan fingerprint density at radius 1 is 1.30 bits per heavy atom. The van der Waals surface area contributed by atoms with Crippen molar-refractivity contribution < 1.29 is 27.6 Å². The number of imidazole rings is 1. The van der Waals surface area contributed by atoms with E-state index >= 15 is 0 Å². The second-order valence-corrected chi connectivity index (χ2v) is 7.43. The average Bonchev–Trinajstić information content (AvgIpc) is 3.44. The first-order valence-corrected chi connectivity index (χ1v) is 9.15. The summed E-state index contributed by atoms with van der Waals surface area (Å²) in [5.41, 5.74) is -1.34. The molecule has 3 aromatic rings. The zero-order valence-corrected chi connectivity index (χ0v) is 15.6. The lowest BCUT2D eigenvalue weighted by atomic mass is 10.1. The van der Waals surface area contributed by atoms with Crippen LogP contribution in [0.25, 0.3) is 5.69 Å². The topological polar surface area (TPSA) is 93.5 Å². The van der Waals surface area contributed by atoms with Crippen molar-refractivity contribution in [3.05, 3.63) is 63.5 Å². The fraction of sp³-hybridized carbons (Fsp3) is 0.316. The Labute approximate surface area is 166 Å². The van der Waals surface area contributed by atoms with E-state index in [1.54, 1.807) is 6.92 Å². The van der Waals surface area contributed by atoms with Gasteiger partial charge in [0.1, 0.15) is 11.5 Å². The summed E-state index contributed by atoms with van der Waals surface area (Å²) < 4.78 is 46.4. The highest BCUT2D eigenvalue weighted by Gasteiger charge is 2.49. The number of carbonyl (C=O) groups excluding carboxylic acids is 1. The molecule has 4 heterocycles. The zero-order valence-electron chi connectivity index (χ0n) is 15.6. The lowest BCUT2D eigenvalue weighted by Crippen LogP contribution is -2.38. The van der Waals surface area contributed by atoms with Crippen LogP contribution in [0.2, 0.25) is 0 Å². The standard InChI is InChI=1S/C19H15F3N4O4/c1-9-5-13(23-30-9)16(27)24-8-12-7-14(24)15-17(28)26(18(29)25(12)15)11-4-2-3-10(6-11)19(20,21)22/h2-6,12,14,28H,7-8H2,1H3/t12?,14-/m1/s1. The number of carbonyl (C=O) groups is 1. The minimum absolute atomic E-state index is 0.0985. The third-order valence-corrected chi connectivity index (χ3v) is 5.60. The van der Waals surface area contributed by atoms with Gasteiger partial charge in [0, 0.05) is 12.6 Å². The van der Waals surface area contributed by atoms with Crippen molar-refractivity contribution in [2.45, 2.75) is 31.6 Å². The van der Waals surface area contributed by atoms with Crippen LogP contribution in [0.1, 0.15) is 46.0 Å². The van der Waals surface area contributed by atoms with Gasteiger partial charge < -0.3 is 14.5 Å². The number of aryl methyl sites for hydroxylation is 1. The third-order valence-electron chi connectivity index (χ3n) is 5.60. The summed E-state index contributed by atoms with van der Waals surface area (Å²) in [7, 11) is 0. The molecule has 2 atom stereocenters. The van der Waals surface area contributed by atoms with Gasteiger partial charge in [0.05, 0.1) is 23.3 Å². The molecule has 1 aromatic carbocycles. The molecule has 2 aromatic heterocycles. The van der Waals surface area contributed by atoms with Gasteiger partial charge in [0.2, 0.25) is 5.88 Å². The molecule has 11 heteroatoms. The van der Waals surface area contributed by atoms with E-state index in [9.17, 15) is 27.9 Å². The summed E-state index contributed by atoms with van der Waals surface area (Å²) in [6.45, 7) is 1.88. The molecule has 1 N–H and O–H groups in total. The number of amides is 1. The molecule has 30 heavy (non-hydrogen) atoms. The SMILES string of the molecule is Cc1cc(C(=O)N2CC3C[C@@H]2c2c(O)n(-c4cccc(C(F)(F)F)c4)c(=O)n23)no1. The minimum Gasteiger partial charge on any atom is -0.493 e. The first kappa shape index (κ1) is 18.5. The van der Waals surface area contributed by atoms with E-state index < -0.39 is 35.3 Å². The predicted molar refractivity (Wildman–Crippen MR) is 95.4 cm³/mol. The maximum atomic E-state index is 13.1. The van der Waals surface area contributed by atoms with Crippen LogP contribution < -0.4 is 5.69 Å². The number of halogens is 3. The van der Waals surface area contributed by atoms with E-state index in [1.165, 1.54) is 27.7 Å². The van der Waals surface area contributed by atoms with Gasteiger partial charge in [0.25, 0.3) is 5.91 Å². The molecule has 5 rings (SSSR count). The van der Waals surface area contributed by atoms with Crippen LogP contribution in [0.15, 0.2) is 39.6 Å². The van der Waals surface area contributed by atoms with E-state index in [1.807, 2.05) is 0 Å². The lowest BCUT2D eigenvalue weighted by molar-refractivity contribution is -0.137. The first-order chi connectivity index (χ1) is 14.2. The normalized spacial score (nSPS) is 20.1. The highest BCUT2D eigenvalue weighted by Crippen LogP contribution is 2.49. The van der Waals surface area contributed by atoms with Crippen molar-refractivity contribution in [1.82, 2.24) is 19.2 Å². The predicted octanol–water partition coefficient (Wildman–Crippen LogP) is 2.80. The number of nitrogens with zero attached hydrogens (tertiary/aromatic N) is 4. The van der Waals surface area contributed by atoms with Crippen LogP contribution in [0.5, 0.6) is 5.88 Å². The third kappa shape index (κ3) is 2.50. The number of aromatic nitrogens is 3. The monoisotopic (exact) mass is 420 g/mol. The Morgan fingerprint density at radius 3 is 2.73 bits per heavy atom. The van der Waals surface area contributed by atoms with Gasteiger partial charge in [-0.1, -0.05) is 11.2 Å². The maximum Gasteiger partial charge on any atom is 0.416 e. The molecule has 2 aliphatic rings. The van der Waals surface area contributed by atoms with Gasteiger partial charge in [-0.3, -0.25) is 9.36 Å². The molecule has 1 fully saturated rings. The number of benzene rings is 1. The van der Waals surface area contributed by atoms with Gasteiger partial charge in [-0.15, -0.1) is 0 Å². The first-order valence-electron chi connectivity index (χ1n) is 9.15. The highest BCUT2D eigenvalue weighted by molar-refractivity contribution is 5.93. The van der Waals surface area contributed by atoms with Crippen molar-refractivity contribution in [1.29, 1.82) is 0 Å². The van der Waals surface area contributed by atoms with E-state index in [0.29, 0.717) is 12.2 Å². The van der Waals surface area contributed by atoms with Gasteiger partial charge in [-0.05, 0) is 31.5 Å². The van der Waals surface area contributed by atoms with Gasteiger partial charge in [0.15, 0.2) is 5.69 Å². The van der Waals surface area contributed by atoms with Gasteiger partial charge >= 0.3 is 11.9 Å². The molecule has 8 nitrogen and oxygen atoms in total. The van der Waals surface area contributed by atoms with Gasteiger partial charge in [-0.2, -0.15) is 13.2 Å². The zero-order chi connectivity index (χ0) is 21.4. The van der Waals surface area contributed by atoms with Crippen LogP contribution in [0, 0.1) is 6.92 Å². The molecule has 1 amide bonds. The number of rotatable bonds is 2. The second kappa shape index (κ2) is 6.00.